The molecule has 1 heterocycles. The molecule has 0 aromatic carbocycles. The summed E-state index contributed by atoms with van der Waals surface area (Å²) < 4.78 is 9.94. The maximum atomic E-state index is 12.0. The number of hydrogen-bond donors (Lipinski definition) is 0. The van der Waals surface area contributed by atoms with Crippen LogP contribution in [0.2, 0.25) is 0 Å². The van der Waals surface area contributed by atoms with Gasteiger partial charge in [-0.05, 0) is 13.8 Å². The molecule has 1 aromatic rings. The second-order valence-electron chi connectivity index (χ2n) is 3.88. The van der Waals surface area contributed by atoms with Crippen LogP contribution in [0, 0.1) is 5.39 Å². The van der Waals surface area contributed by atoms with Crippen molar-refractivity contribution >= 4 is 6.03 Å². The highest BCUT2D eigenvalue weighted by Crippen LogP contribution is 2.10. The van der Waals surface area contributed by atoms with Gasteiger partial charge in [-0.2, -0.15) is 0 Å². The van der Waals surface area contributed by atoms with Gasteiger partial charge in [0.2, 0.25) is 11.2 Å². The summed E-state index contributed by atoms with van der Waals surface area (Å²) in [5.41, 5.74) is -0.373. The molecule has 1 rings (SSSR count). The van der Waals surface area contributed by atoms with E-state index in [0.29, 0.717) is 13.1 Å². The van der Waals surface area contributed by atoms with Crippen molar-refractivity contribution in [1.82, 2.24) is 9.91 Å². The molecule has 2 amide bonds. The molecule has 0 radical (unpaired) electrons. The number of carbonyl (C=O) groups excluding carboxylic acids is 1. The average Bonchev–Trinajstić information content (AvgIpc) is 2.46. The molecule has 0 spiro atoms. The zero-order valence-corrected chi connectivity index (χ0v) is 11.7. The summed E-state index contributed by atoms with van der Waals surface area (Å²) in [7, 11) is 1.35. The number of ether oxygens (including phenoxy) is 1. The van der Waals surface area contributed by atoms with Crippen molar-refractivity contribution in [3.8, 4) is 5.75 Å². The first kappa shape index (κ1) is 15.5. The lowest BCUT2D eigenvalue weighted by atomic mass is 10.3. The Morgan fingerprint density at radius 1 is 1.45 bits per heavy atom. The van der Waals surface area contributed by atoms with E-state index in [1.165, 1.54) is 18.1 Å². The Morgan fingerprint density at radius 3 is 2.55 bits per heavy atom. The molecule has 108 valence electrons. The van der Waals surface area contributed by atoms with Crippen LogP contribution in [0.25, 0.3) is 5.08 Å². The van der Waals surface area contributed by atoms with E-state index in [2.05, 4.69) is 5.08 Å². The van der Waals surface area contributed by atoms with E-state index in [1.54, 1.807) is 0 Å². The van der Waals surface area contributed by atoms with Crippen LogP contribution in [0.3, 0.4) is 0 Å². The minimum Gasteiger partial charge on any atom is -0.490 e. The van der Waals surface area contributed by atoms with E-state index in [1.807, 2.05) is 13.8 Å². The van der Waals surface area contributed by atoms with Crippen molar-refractivity contribution in [2.24, 2.45) is 0 Å². The van der Waals surface area contributed by atoms with E-state index in [0.717, 1.165) is 11.3 Å². The minimum absolute atomic E-state index is 0.0660. The van der Waals surface area contributed by atoms with Crippen molar-refractivity contribution < 1.29 is 13.9 Å². The number of rotatable bonds is 5. The summed E-state index contributed by atoms with van der Waals surface area (Å²) in [6.07, 6.45) is 1.15. The Bertz CT molecular complexity index is 559. The van der Waals surface area contributed by atoms with Crippen LogP contribution in [0.5, 0.6) is 5.75 Å². The maximum absolute atomic E-state index is 12.0. The van der Waals surface area contributed by atoms with Gasteiger partial charge in [-0.15, -0.1) is 0 Å². The molecule has 0 bridgehead atoms. The zero-order chi connectivity index (χ0) is 15.1. The Kier molecular flexibility index (Phi) is 5.53. The smallest absolute Gasteiger partial charge is 0.393 e. The second-order valence-corrected chi connectivity index (χ2v) is 3.88. The molecule has 20 heavy (non-hydrogen) atoms. The molecule has 0 aliphatic heterocycles. The second kappa shape index (κ2) is 7.13. The lowest BCUT2D eigenvalue weighted by molar-refractivity contribution is 0.167. The van der Waals surface area contributed by atoms with Crippen LogP contribution in [-0.4, -0.2) is 36.1 Å². The molecule has 0 N–H and O–H groups in total. The molecule has 0 saturated heterocycles. The first-order valence-electron chi connectivity index (χ1n) is 6.14. The summed E-state index contributed by atoms with van der Waals surface area (Å²) in [5.74, 6) is 0.255. The summed E-state index contributed by atoms with van der Waals surface area (Å²) in [6.45, 7) is 4.43. The van der Waals surface area contributed by atoms with Crippen LogP contribution >= 0.6 is 0 Å². The van der Waals surface area contributed by atoms with Gasteiger partial charge in [0, 0.05) is 19.2 Å². The fraction of sp³-hybridized carbons (Fsp3) is 0.500. The fourth-order valence-corrected chi connectivity index (χ4v) is 1.61. The molecule has 0 atom stereocenters. The van der Waals surface area contributed by atoms with E-state index in [4.69, 9.17) is 14.5 Å². The Labute approximate surface area is 116 Å². The number of diazo groups is 1. The number of nitrogens with zero attached hydrogens (tertiary/aromatic N) is 4. The van der Waals surface area contributed by atoms with E-state index >= 15 is 0 Å². The summed E-state index contributed by atoms with van der Waals surface area (Å²) in [6, 6.07) is 0.711. The van der Waals surface area contributed by atoms with Gasteiger partial charge in [-0.25, -0.2) is 4.79 Å². The molecular weight excluding hydrogens is 264 g/mol. The molecule has 0 aliphatic carbocycles. The highest BCUT2D eigenvalue weighted by atomic mass is 16.5. The molecule has 0 fully saturated rings. The molecular formula is C12H17N4O4+. The van der Waals surface area contributed by atoms with Crippen LogP contribution in [0.15, 0.2) is 21.5 Å². The third-order valence-electron chi connectivity index (χ3n) is 2.74. The van der Waals surface area contributed by atoms with Crippen LogP contribution in [0.4, 0.5) is 4.79 Å². The van der Waals surface area contributed by atoms with Crippen LogP contribution in [-0.2, 0) is 6.54 Å². The molecule has 8 heteroatoms. The average molecular weight is 281 g/mol. The quantitative estimate of drug-likeness (QED) is 0.605. The van der Waals surface area contributed by atoms with Gasteiger partial charge in [0.25, 0.3) is 5.39 Å². The number of methoxy groups -OCH3 is 1. The van der Waals surface area contributed by atoms with Gasteiger partial charge in [0.1, 0.15) is 12.0 Å². The van der Waals surface area contributed by atoms with Gasteiger partial charge in [0.15, 0.2) is 6.54 Å². The molecule has 0 aliphatic rings. The normalized spacial score (nSPS) is 9.70. The van der Waals surface area contributed by atoms with Crippen LogP contribution in [0.1, 0.15) is 19.6 Å². The van der Waals surface area contributed by atoms with Gasteiger partial charge in [-0.1, -0.05) is 0 Å². The first-order valence-corrected chi connectivity index (χ1v) is 6.14. The van der Waals surface area contributed by atoms with Crippen molar-refractivity contribution in [1.29, 1.82) is 5.39 Å². The molecule has 0 saturated carbocycles. The van der Waals surface area contributed by atoms with Gasteiger partial charge in [0.05, 0.1) is 12.1 Å². The standard InChI is InChI=1S/C12H17N4O4/c1-4-15(5-2)12(18)16(14-13)7-9-6-10(17)11(19-3)8-20-9/h6,8H,4-5,7H2,1-3H3/q+1. The highest BCUT2D eigenvalue weighted by Gasteiger charge is 2.29. The van der Waals surface area contributed by atoms with Crippen molar-refractivity contribution in [3.05, 3.63) is 33.4 Å². The molecule has 1 aromatic heterocycles. The number of urea groups is 1. The topological polar surface area (TPSA) is 91.1 Å². The largest absolute Gasteiger partial charge is 0.490 e. The van der Waals surface area contributed by atoms with E-state index < -0.39 is 6.03 Å². The van der Waals surface area contributed by atoms with Crippen molar-refractivity contribution in [2.45, 2.75) is 20.4 Å². The summed E-state index contributed by atoms with van der Waals surface area (Å²) in [4.78, 5) is 25.0. The highest BCUT2D eigenvalue weighted by molar-refractivity contribution is 5.74. The lowest BCUT2D eigenvalue weighted by Gasteiger charge is -2.17. The molecule has 8 nitrogen and oxygen atoms in total. The Hall–Kier alpha value is -2.56. The maximum Gasteiger partial charge on any atom is 0.393 e. The summed E-state index contributed by atoms with van der Waals surface area (Å²) >= 11 is 0. The van der Waals surface area contributed by atoms with Gasteiger partial charge < -0.3 is 14.1 Å². The third-order valence-corrected chi connectivity index (χ3v) is 2.74. The molecule has 0 unspecified atom stereocenters. The Balaban J connectivity index is 2.89. The number of carbonyl (C=O) groups is 1. The number of hydrogen-bond acceptors (Lipinski definition) is 5. The van der Waals surface area contributed by atoms with Crippen LogP contribution < -0.4 is 10.2 Å². The lowest BCUT2D eigenvalue weighted by Crippen LogP contribution is -2.39. The zero-order valence-electron chi connectivity index (χ0n) is 11.7. The minimum atomic E-state index is -0.476. The first-order chi connectivity index (χ1) is 9.57. The van der Waals surface area contributed by atoms with E-state index in [-0.39, 0.29) is 23.5 Å². The summed E-state index contributed by atoms with van der Waals surface area (Å²) in [5, 5.41) is 12.7. The SMILES string of the molecule is CCN(CC)C(=O)N(Cc1cc(=O)c(OC)co1)[N+]#N. The predicted molar refractivity (Wildman–Crippen MR) is 70.5 cm³/mol. The fourth-order valence-electron chi connectivity index (χ4n) is 1.61. The van der Waals surface area contributed by atoms with E-state index in [9.17, 15) is 9.59 Å². The Morgan fingerprint density at radius 2 is 2.10 bits per heavy atom. The number of amides is 2. The van der Waals surface area contributed by atoms with Crippen molar-refractivity contribution in [3.63, 3.8) is 0 Å². The van der Waals surface area contributed by atoms with Gasteiger partial charge in [-0.3, -0.25) is 4.79 Å². The monoisotopic (exact) mass is 281 g/mol. The third kappa shape index (κ3) is 3.47. The van der Waals surface area contributed by atoms with Gasteiger partial charge >= 0.3 is 11.1 Å². The predicted octanol–water partition coefficient (Wildman–Crippen LogP) is 1.68. The van der Waals surface area contributed by atoms with Crippen molar-refractivity contribution in [2.75, 3.05) is 20.2 Å².